The highest BCUT2D eigenvalue weighted by molar-refractivity contribution is 6.10. The van der Waals surface area contributed by atoms with Crippen molar-refractivity contribution in [3.05, 3.63) is 59.9 Å². The summed E-state index contributed by atoms with van der Waals surface area (Å²) >= 11 is 0. The molecule has 0 spiro atoms. The number of hydrogen-bond acceptors (Lipinski definition) is 5. The molecule has 1 aliphatic carbocycles. The van der Waals surface area contributed by atoms with E-state index in [-0.39, 0.29) is 30.2 Å². The number of amides is 2. The highest BCUT2D eigenvalue weighted by Crippen LogP contribution is 2.18. The molecule has 0 radical (unpaired) electrons. The minimum absolute atomic E-state index is 0.0455. The van der Waals surface area contributed by atoms with Gasteiger partial charge in [-0.05, 0) is 12.5 Å². The molecule has 138 valence electrons. The first kappa shape index (κ1) is 19.2. The van der Waals surface area contributed by atoms with E-state index in [2.05, 4.69) is 20.9 Å². The van der Waals surface area contributed by atoms with Crippen LogP contribution >= 0.6 is 0 Å². The van der Waals surface area contributed by atoms with E-state index in [1.807, 2.05) is 18.2 Å². The first-order chi connectivity index (χ1) is 12.5. The molecule has 0 aromatic heterocycles. The number of aliphatic imine (C=N–C) groups is 1. The number of hydrogen-bond donors (Lipinski definition) is 4. The van der Waals surface area contributed by atoms with Crippen LogP contribution in [-0.4, -0.2) is 49.7 Å². The molecule has 0 saturated carbocycles. The maximum absolute atomic E-state index is 14.0. The Morgan fingerprint density at radius 1 is 1.46 bits per heavy atom. The fourth-order valence-electron chi connectivity index (χ4n) is 2.31. The first-order valence-corrected chi connectivity index (χ1v) is 8.18. The lowest BCUT2D eigenvalue weighted by atomic mass is 10.0. The normalized spacial score (nSPS) is 23.3. The second-order valence-corrected chi connectivity index (χ2v) is 5.64. The summed E-state index contributed by atoms with van der Waals surface area (Å²) in [6, 6.07) is -0.571. The second-order valence-electron chi connectivity index (χ2n) is 5.64. The average molecular weight is 358 g/mol. The van der Waals surface area contributed by atoms with Crippen molar-refractivity contribution in [3.8, 4) is 0 Å². The van der Waals surface area contributed by atoms with E-state index >= 15 is 0 Å². The van der Waals surface area contributed by atoms with Crippen LogP contribution in [0.4, 0.5) is 9.18 Å². The molecule has 2 aliphatic rings. The van der Waals surface area contributed by atoms with Gasteiger partial charge < -0.3 is 26.3 Å². The SMILES string of the molecule is CN/C=C1/C=C(NCNC(=O)N(C)C2C=CC/C=C\N=C/2)C(F)=CC1=N. The van der Waals surface area contributed by atoms with Gasteiger partial charge in [-0.1, -0.05) is 18.2 Å². The standard InChI is InChI=1S/C18H23FN6O/c1-21-10-13-8-17(15(19)9-16(13)20)23-12-24-18(26)25(2)14-6-4-3-5-7-22-11-14/h4-11,14,20-21,23H,3,12H2,1-2H3,(H,24,26)/b6-4?,7-5-,13-10-,20-16?,22-11-. The molecule has 2 rings (SSSR count). The van der Waals surface area contributed by atoms with E-state index in [0.29, 0.717) is 5.57 Å². The Hall–Kier alpha value is -3.16. The van der Waals surface area contributed by atoms with Gasteiger partial charge in [-0.2, -0.15) is 0 Å². The highest BCUT2D eigenvalue weighted by atomic mass is 19.1. The molecule has 0 fully saturated rings. The molecule has 7 nitrogen and oxygen atoms in total. The van der Waals surface area contributed by atoms with Crippen molar-refractivity contribution in [1.29, 1.82) is 5.41 Å². The molecule has 2 amide bonds. The van der Waals surface area contributed by atoms with Crippen LogP contribution in [0.15, 0.2) is 64.9 Å². The fraction of sp³-hybridized carbons (Fsp3) is 0.278. The Balaban J connectivity index is 1.91. The summed E-state index contributed by atoms with van der Waals surface area (Å²) in [5.74, 6) is -0.548. The van der Waals surface area contributed by atoms with Gasteiger partial charge in [0.15, 0.2) is 0 Å². The molecule has 8 heteroatoms. The van der Waals surface area contributed by atoms with E-state index in [1.165, 1.54) is 11.0 Å². The van der Waals surface area contributed by atoms with Crippen molar-refractivity contribution in [3.63, 3.8) is 0 Å². The summed E-state index contributed by atoms with van der Waals surface area (Å²) in [6.07, 6.45) is 14.2. The van der Waals surface area contributed by atoms with Crippen molar-refractivity contribution in [2.24, 2.45) is 4.99 Å². The van der Waals surface area contributed by atoms with Crippen LogP contribution in [-0.2, 0) is 0 Å². The number of halogens is 1. The third-order valence-electron chi connectivity index (χ3n) is 3.76. The Morgan fingerprint density at radius 2 is 2.27 bits per heavy atom. The van der Waals surface area contributed by atoms with Gasteiger partial charge in [0, 0.05) is 44.4 Å². The summed E-state index contributed by atoms with van der Waals surface area (Å²) in [5.41, 5.74) is 0.836. The third-order valence-corrected chi connectivity index (χ3v) is 3.76. The average Bonchev–Trinajstić information content (AvgIpc) is 2.58. The number of allylic oxidation sites excluding steroid dienone is 6. The Morgan fingerprint density at radius 3 is 3.04 bits per heavy atom. The number of urea groups is 1. The summed E-state index contributed by atoms with van der Waals surface area (Å²) in [5, 5.41) is 16.0. The zero-order valence-corrected chi connectivity index (χ0v) is 14.8. The van der Waals surface area contributed by atoms with Crippen molar-refractivity contribution >= 4 is 18.0 Å². The molecular formula is C18H23FN6O. The van der Waals surface area contributed by atoms with Gasteiger partial charge in [-0.25, -0.2) is 9.18 Å². The van der Waals surface area contributed by atoms with Crippen molar-refractivity contribution < 1.29 is 9.18 Å². The van der Waals surface area contributed by atoms with Crippen LogP contribution in [0.3, 0.4) is 0 Å². The van der Waals surface area contributed by atoms with Gasteiger partial charge in [-0.15, -0.1) is 0 Å². The second kappa shape index (κ2) is 9.36. The minimum atomic E-state index is -0.548. The summed E-state index contributed by atoms with van der Waals surface area (Å²) < 4.78 is 14.0. The zero-order valence-electron chi connectivity index (χ0n) is 14.8. The number of carbonyl (C=O) groups is 1. The molecule has 4 N–H and O–H groups in total. The Kier molecular flexibility index (Phi) is 6.90. The molecule has 0 aromatic carbocycles. The fourth-order valence-corrected chi connectivity index (χ4v) is 2.31. The van der Waals surface area contributed by atoms with Crippen LogP contribution in [0.2, 0.25) is 0 Å². The van der Waals surface area contributed by atoms with Crippen LogP contribution in [0.1, 0.15) is 6.42 Å². The summed E-state index contributed by atoms with van der Waals surface area (Å²) in [7, 11) is 3.37. The Labute approximate surface area is 152 Å². The van der Waals surface area contributed by atoms with Gasteiger partial charge in [-0.3, -0.25) is 4.99 Å². The van der Waals surface area contributed by atoms with Crippen molar-refractivity contribution in [2.75, 3.05) is 20.8 Å². The first-order valence-electron chi connectivity index (χ1n) is 8.18. The minimum Gasteiger partial charge on any atom is -0.393 e. The molecule has 1 atom stereocenters. The largest absolute Gasteiger partial charge is 0.393 e. The van der Waals surface area contributed by atoms with E-state index in [0.717, 1.165) is 12.5 Å². The molecule has 0 bridgehead atoms. The predicted molar refractivity (Wildman–Crippen MR) is 102 cm³/mol. The van der Waals surface area contributed by atoms with Gasteiger partial charge in [0.05, 0.1) is 24.1 Å². The summed E-state index contributed by atoms with van der Waals surface area (Å²) in [6.45, 7) is 0.0455. The zero-order chi connectivity index (χ0) is 18.9. The molecule has 0 saturated heterocycles. The molecular weight excluding hydrogens is 335 g/mol. The van der Waals surface area contributed by atoms with E-state index < -0.39 is 5.83 Å². The van der Waals surface area contributed by atoms with Crippen molar-refractivity contribution in [1.82, 2.24) is 20.9 Å². The smallest absolute Gasteiger partial charge is 0.319 e. The van der Waals surface area contributed by atoms with Gasteiger partial charge in [0.25, 0.3) is 0 Å². The molecule has 0 aromatic rings. The lowest BCUT2D eigenvalue weighted by molar-refractivity contribution is 0.208. The molecule has 1 aliphatic heterocycles. The maximum Gasteiger partial charge on any atom is 0.319 e. The van der Waals surface area contributed by atoms with Crippen LogP contribution in [0.5, 0.6) is 0 Å². The molecule has 26 heavy (non-hydrogen) atoms. The Bertz CT molecular complexity index is 732. The summed E-state index contributed by atoms with van der Waals surface area (Å²) in [4.78, 5) is 17.9. The van der Waals surface area contributed by atoms with E-state index in [1.54, 1.807) is 32.7 Å². The predicted octanol–water partition coefficient (Wildman–Crippen LogP) is 1.96. The quantitative estimate of drug-likeness (QED) is 0.447. The van der Waals surface area contributed by atoms with Gasteiger partial charge in [0.1, 0.15) is 5.83 Å². The van der Waals surface area contributed by atoms with Crippen LogP contribution in [0, 0.1) is 5.41 Å². The number of rotatable bonds is 5. The van der Waals surface area contributed by atoms with Crippen LogP contribution < -0.4 is 16.0 Å². The third kappa shape index (κ3) is 5.17. The molecule has 1 heterocycles. The van der Waals surface area contributed by atoms with E-state index in [9.17, 15) is 9.18 Å². The van der Waals surface area contributed by atoms with Gasteiger partial charge in [0.2, 0.25) is 0 Å². The number of likely N-dealkylation sites (N-methyl/N-ethyl adjacent to an activating group) is 1. The van der Waals surface area contributed by atoms with Crippen molar-refractivity contribution in [2.45, 2.75) is 12.5 Å². The maximum atomic E-state index is 14.0. The lowest BCUT2D eigenvalue weighted by Gasteiger charge is -2.24. The van der Waals surface area contributed by atoms with E-state index in [4.69, 9.17) is 5.41 Å². The lowest BCUT2D eigenvalue weighted by Crippen LogP contribution is -2.46. The number of nitrogens with one attached hydrogen (secondary N) is 4. The van der Waals surface area contributed by atoms with Gasteiger partial charge >= 0.3 is 6.03 Å². The monoisotopic (exact) mass is 358 g/mol. The molecule has 1 unspecified atom stereocenters. The highest BCUT2D eigenvalue weighted by Gasteiger charge is 2.17. The number of nitrogens with zero attached hydrogens (tertiary/aromatic N) is 2. The topological polar surface area (TPSA) is 92.6 Å². The number of carbonyl (C=O) groups excluding carboxylic acids is 1. The van der Waals surface area contributed by atoms with Crippen LogP contribution in [0.25, 0.3) is 0 Å².